The van der Waals surface area contributed by atoms with E-state index in [1.807, 2.05) is 0 Å². The number of rotatable bonds is 8. The van der Waals surface area contributed by atoms with Crippen molar-refractivity contribution in [3.8, 4) is 0 Å². The highest BCUT2D eigenvalue weighted by atomic mass is 16.5. The third kappa shape index (κ3) is 5.03. The number of hydrogen-bond acceptors (Lipinski definition) is 6. The van der Waals surface area contributed by atoms with Gasteiger partial charge in [0.15, 0.2) is 0 Å². The van der Waals surface area contributed by atoms with Crippen LogP contribution in [0, 0.1) is 24.2 Å². The van der Waals surface area contributed by atoms with E-state index in [2.05, 4.69) is 43.1 Å². The number of hydrogen-bond donors (Lipinski definition) is 1. The molecule has 6 heteroatoms. The molecule has 1 aromatic rings. The Hall–Kier alpha value is -1.82. The van der Waals surface area contributed by atoms with Gasteiger partial charge in [-0.15, -0.1) is 0 Å². The minimum absolute atomic E-state index is 0.113. The number of methoxy groups -OCH3 is 1. The second-order valence-corrected chi connectivity index (χ2v) is 8.74. The highest BCUT2D eigenvalue weighted by Crippen LogP contribution is 2.36. The Labute approximate surface area is 175 Å². The first-order chi connectivity index (χ1) is 14.0. The first-order valence-electron chi connectivity index (χ1n) is 11.1. The number of ether oxygens (including phenoxy) is 2. The molecule has 2 saturated heterocycles. The van der Waals surface area contributed by atoms with E-state index < -0.39 is 5.41 Å². The Kier molecular flexibility index (Phi) is 7.38. The summed E-state index contributed by atoms with van der Waals surface area (Å²) in [5.74, 6) is 2.51. The fraction of sp³-hybridized carbons (Fsp3) is 0.739. The van der Waals surface area contributed by atoms with Crippen LogP contribution in [-0.4, -0.2) is 50.9 Å². The van der Waals surface area contributed by atoms with Crippen molar-refractivity contribution in [2.75, 3.05) is 50.2 Å². The van der Waals surface area contributed by atoms with E-state index in [9.17, 15) is 4.79 Å². The summed E-state index contributed by atoms with van der Waals surface area (Å²) in [5.41, 5.74) is 1.62. The number of aromatic nitrogens is 1. The van der Waals surface area contributed by atoms with Crippen molar-refractivity contribution in [2.24, 2.45) is 17.3 Å². The molecule has 3 rings (SSSR count). The number of anilines is 2. The van der Waals surface area contributed by atoms with Gasteiger partial charge in [-0.3, -0.25) is 4.79 Å². The number of nitrogens with one attached hydrogen (secondary N) is 1. The summed E-state index contributed by atoms with van der Waals surface area (Å²) in [6.45, 7) is 10.9. The van der Waals surface area contributed by atoms with Gasteiger partial charge in [-0.2, -0.15) is 0 Å². The predicted octanol–water partition coefficient (Wildman–Crippen LogP) is 4.03. The maximum atomic E-state index is 12.4. The van der Waals surface area contributed by atoms with Crippen molar-refractivity contribution >= 4 is 17.5 Å². The highest BCUT2D eigenvalue weighted by molar-refractivity contribution is 5.77. The van der Waals surface area contributed by atoms with Gasteiger partial charge in [-0.05, 0) is 56.6 Å². The maximum Gasteiger partial charge on any atom is 0.312 e. The lowest BCUT2D eigenvalue weighted by Gasteiger charge is -2.34. The summed E-state index contributed by atoms with van der Waals surface area (Å²) in [7, 11) is 1.48. The Bertz CT molecular complexity index is 688. The monoisotopic (exact) mass is 403 g/mol. The molecule has 0 aromatic carbocycles. The molecule has 29 heavy (non-hydrogen) atoms. The summed E-state index contributed by atoms with van der Waals surface area (Å²) in [6, 6.07) is 4.25. The van der Waals surface area contributed by atoms with Crippen LogP contribution in [-0.2, 0) is 14.3 Å². The zero-order valence-electron chi connectivity index (χ0n) is 18.5. The maximum absolute atomic E-state index is 12.4. The van der Waals surface area contributed by atoms with Gasteiger partial charge in [0.05, 0.1) is 23.9 Å². The second-order valence-electron chi connectivity index (χ2n) is 8.74. The van der Waals surface area contributed by atoms with Crippen molar-refractivity contribution in [2.45, 2.75) is 52.9 Å². The second kappa shape index (κ2) is 9.79. The molecule has 0 saturated carbocycles. The molecular formula is C23H37N3O3. The van der Waals surface area contributed by atoms with Crippen molar-refractivity contribution in [3.05, 3.63) is 17.8 Å². The van der Waals surface area contributed by atoms with Gasteiger partial charge in [-0.1, -0.05) is 20.3 Å². The van der Waals surface area contributed by atoms with E-state index in [1.54, 1.807) is 0 Å². The Balaban J connectivity index is 1.57. The topological polar surface area (TPSA) is 63.7 Å². The standard InChI is InChI=1S/C23H37N3O3/c1-5-17(2)19-8-13-26(16-19)21-7-6-20(18(3)25-21)24-12-9-23(22(27)28-4)10-14-29-15-11-23/h6-7,17,19,24H,5,8-16H2,1-4H3. The van der Waals surface area contributed by atoms with Crippen LogP contribution >= 0.6 is 0 Å². The van der Waals surface area contributed by atoms with Gasteiger partial charge in [0.1, 0.15) is 5.82 Å². The van der Waals surface area contributed by atoms with Crippen molar-refractivity contribution in [1.29, 1.82) is 0 Å². The van der Waals surface area contributed by atoms with E-state index in [-0.39, 0.29) is 5.97 Å². The quantitative estimate of drug-likeness (QED) is 0.661. The first kappa shape index (κ1) is 21.9. The molecule has 6 nitrogen and oxygen atoms in total. The van der Waals surface area contributed by atoms with Crippen LogP contribution in [0.1, 0.15) is 51.6 Å². The molecule has 0 spiro atoms. The summed E-state index contributed by atoms with van der Waals surface area (Å²) >= 11 is 0. The summed E-state index contributed by atoms with van der Waals surface area (Å²) in [6.07, 6.45) is 4.70. The van der Waals surface area contributed by atoms with Crippen LogP contribution in [0.5, 0.6) is 0 Å². The Morgan fingerprint density at radius 1 is 1.41 bits per heavy atom. The zero-order chi connectivity index (χ0) is 20.9. The molecule has 2 fully saturated rings. The normalized spacial score (nSPS) is 22.3. The molecule has 0 aliphatic carbocycles. The Morgan fingerprint density at radius 2 is 2.17 bits per heavy atom. The lowest BCUT2D eigenvalue weighted by Crippen LogP contribution is -2.39. The third-order valence-corrected chi connectivity index (χ3v) is 7.06. The Morgan fingerprint density at radius 3 is 2.83 bits per heavy atom. The number of esters is 1. The lowest BCUT2D eigenvalue weighted by molar-refractivity contribution is -0.159. The summed E-state index contributed by atoms with van der Waals surface area (Å²) in [5, 5.41) is 3.49. The molecule has 2 aliphatic heterocycles. The number of pyridine rings is 1. The molecule has 0 amide bonds. The molecule has 162 valence electrons. The van der Waals surface area contributed by atoms with Crippen LogP contribution in [0.2, 0.25) is 0 Å². The molecule has 3 heterocycles. The fourth-order valence-electron chi connectivity index (χ4n) is 4.68. The average Bonchev–Trinajstić information content (AvgIpc) is 3.24. The first-order valence-corrected chi connectivity index (χ1v) is 11.1. The van der Waals surface area contributed by atoms with Crippen LogP contribution < -0.4 is 10.2 Å². The fourth-order valence-corrected chi connectivity index (χ4v) is 4.68. The van der Waals surface area contributed by atoms with E-state index in [0.29, 0.717) is 13.2 Å². The van der Waals surface area contributed by atoms with Gasteiger partial charge < -0.3 is 19.7 Å². The van der Waals surface area contributed by atoms with E-state index in [1.165, 1.54) is 20.0 Å². The van der Waals surface area contributed by atoms with Gasteiger partial charge >= 0.3 is 5.97 Å². The molecule has 2 unspecified atom stereocenters. The van der Waals surface area contributed by atoms with Gasteiger partial charge in [0.2, 0.25) is 0 Å². The van der Waals surface area contributed by atoms with Crippen LogP contribution in [0.25, 0.3) is 0 Å². The lowest BCUT2D eigenvalue weighted by atomic mass is 9.77. The average molecular weight is 404 g/mol. The number of aryl methyl sites for hydroxylation is 1. The largest absolute Gasteiger partial charge is 0.469 e. The smallest absolute Gasteiger partial charge is 0.312 e. The third-order valence-electron chi connectivity index (χ3n) is 7.06. The molecule has 2 atom stereocenters. The number of carbonyl (C=O) groups is 1. The zero-order valence-corrected chi connectivity index (χ0v) is 18.5. The minimum Gasteiger partial charge on any atom is -0.469 e. The van der Waals surface area contributed by atoms with E-state index in [4.69, 9.17) is 14.5 Å². The van der Waals surface area contributed by atoms with Crippen molar-refractivity contribution < 1.29 is 14.3 Å². The van der Waals surface area contributed by atoms with E-state index in [0.717, 1.165) is 67.9 Å². The predicted molar refractivity (Wildman–Crippen MR) is 116 cm³/mol. The molecule has 0 radical (unpaired) electrons. The summed E-state index contributed by atoms with van der Waals surface area (Å²) < 4.78 is 10.5. The van der Waals surface area contributed by atoms with Gasteiger partial charge in [-0.25, -0.2) is 4.98 Å². The molecule has 2 aliphatic rings. The van der Waals surface area contributed by atoms with Gasteiger partial charge in [0, 0.05) is 32.8 Å². The van der Waals surface area contributed by atoms with E-state index >= 15 is 0 Å². The molecule has 1 aromatic heterocycles. The molecule has 0 bridgehead atoms. The SMILES string of the molecule is CCC(C)C1CCN(c2ccc(NCCC3(C(=O)OC)CCOCC3)c(C)n2)C1. The van der Waals surface area contributed by atoms with Crippen LogP contribution in [0.4, 0.5) is 11.5 Å². The van der Waals surface area contributed by atoms with Gasteiger partial charge in [0.25, 0.3) is 0 Å². The minimum atomic E-state index is -0.429. The van der Waals surface area contributed by atoms with Crippen molar-refractivity contribution in [3.63, 3.8) is 0 Å². The van der Waals surface area contributed by atoms with Crippen LogP contribution in [0.15, 0.2) is 12.1 Å². The van der Waals surface area contributed by atoms with Crippen molar-refractivity contribution in [1.82, 2.24) is 4.98 Å². The summed E-state index contributed by atoms with van der Waals surface area (Å²) in [4.78, 5) is 19.6. The highest BCUT2D eigenvalue weighted by Gasteiger charge is 2.40. The molecule has 1 N–H and O–H groups in total. The number of nitrogens with zero attached hydrogens (tertiary/aromatic N) is 2. The van der Waals surface area contributed by atoms with Crippen LogP contribution in [0.3, 0.4) is 0 Å². The molecular weight excluding hydrogens is 366 g/mol. The number of carbonyl (C=O) groups excluding carboxylic acids is 1.